The summed E-state index contributed by atoms with van der Waals surface area (Å²) in [5.41, 5.74) is 1.78. The highest BCUT2D eigenvalue weighted by atomic mass is 16.5. The Kier molecular flexibility index (Phi) is 5.72. The van der Waals surface area contributed by atoms with Crippen molar-refractivity contribution in [1.82, 2.24) is 9.80 Å². The van der Waals surface area contributed by atoms with Crippen LogP contribution in [0.1, 0.15) is 31.9 Å². The number of rotatable bonds is 4. The lowest BCUT2D eigenvalue weighted by molar-refractivity contribution is -0.143. The average molecular weight is 386 g/mol. The first-order valence-corrected chi connectivity index (χ1v) is 9.58. The molecular formula is C21H26N2O5. The standard InChI is InChI=1S/C21H26N2O5/c1-5-16-12-19(25)28-18-11-13(2)10-17(20(16)18)27-14(3)21(26)23-8-6-22(7-9-23)15(4)24/h10-12,14H,5-9H2,1-4H3. The minimum Gasteiger partial charge on any atom is -0.480 e. The van der Waals surface area contributed by atoms with Crippen molar-refractivity contribution in [1.29, 1.82) is 0 Å². The zero-order valence-electron chi connectivity index (χ0n) is 16.8. The SMILES string of the molecule is CCc1cc(=O)oc2cc(C)cc(OC(C)C(=O)N3CCN(C(C)=O)CC3)c12. The average Bonchev–Trinajstić information content (AvgIpc) is 2.66. The van der Waals surface area contributed by atoms with E-state index < -0.39 is 11.7 Å². The number of benzene rings is 1. The summed E-state index contributed by atoms with van der Waals surface area (Å²) < 4.78 is 11.4. The summed E-state index contributed by atoms with van der Waals surface area (Å²) in [4.78, 5) is 39.6. The summed E-state index contributed by atoms with van der Waals surface area (Å²) >= 11 is 0. The van der Waals surface area contributed by atoms with Crippen molar-refractivity contribution >= 4 is 22.8 Å². The molecule has 0 aliphatic carbocycles. The van der Waals surface area contributed by atoms with Crippen LogP contribution < -0.4 is 10.4 Å². The molecule has 0 spiro atoms. The maximum absolute atomic E-state index is 12.8. The Hall–Kier alpha value is -2.83. The monoisotopic (exact) mass is 386 g/mol. The fourth-order valence-corrected chi connectivity index (χ4v) is 3.58. The quantitative estimate of drug-likeness (QED) is 0.752. The molecule has 3 rings (SSSR count). The maximum Gasteiger partial charge on any atom is 0.336 e. The lowest BCUT2D eigenvalue weighted by Gasteiger charge is -2.35. The molecule has 0 N–H and O–H groups in total. The number of carbonyl (C=O) groups excluding carboxylic acids is 2. The predicted molar refractivity (Wildman–Crippen MR) is 106 cm³/mol. The molecule has 2 heterocycles. The molecule has 7 heteroatoms. The molecule has 1 aromatic heterocycles. The number of nitrogens with zero attached hydrogens (tertiary/aromatic N) is 2. The van der Waals surface area contributed by atoms with Crippen LogP contribution in [0.3, 0.4) is 0 Å². The third-order valence-electron chi connectivity index (χ3n) is 5.10. The number of ether oxygens (including phenoxy) is 1. The van der Waals surface area contributed by atoms with Crippen molar-refractivity contribution in [3.63, 3.8) is 0 Å². The highest BCUT2D eigenvalue weighted by Crippen LogP contribution is 2.31. The Labute approximate surface area is 163 Å². The molecule has 0 radical (unpaired) electrons. The molecule has 0 saturated carbocycles. The third-order valence-corrected chi connectivity index (χ3v) is 5.10. The number of piperazine rings is 1. The number of carbonyl (C=O) groups is 2. The van der Waals surface area contributed by atoms with E-state index in [1.165, 1.54) is 13.0 Å². The van der Waals surface area contributed by atoms with Crippen molar-refractivity contribution in [2.75, 3.05) is 26.2 Å². The van der Waals surface area contributed by atoms with Gasteiger partial charge >= 0.3 is 5.63 Å². The van der Waals surface area contributed by atoms with Crippen molar-refractivity contribution in [3.8, 4) is 5.75 Å². The first kappa shape index (κ1) is 19.9. The lowest BCUT2D eigenvalue weighted by atomic mass is 10.0. The van der Waals surface area contributed by atoms with Crippen molar-refractivity contribution in [3.05, 3.63) is 39.7 Å². The number of hydrogen-bond donors (Lipinski definition) is 0. The van der Waals surface area contributed by atoms with E-state index in [9.17, 15) is 14.4 Å². The molecule has 2 aromatic rings. The van der Waals surface area contributed by atoms with E-state index in [4.69, 9.17) is 9.15 Å². The fraction of sp³-hybridized carbons (Fsp3) is 0.476. The molecule has 1 aliphatic heterocycles. The first-order chi connectivity index (χ1) is 13.3. The largest absolute Gasteiger partial charge is 0.480 e. The van der Waals surface area contributed by atoms with Crippen molar-refractivity contribution in [2.45, 2.75) is 40.2 Å². The van der Waals surface area contributed by atoms with Gasteiger partial charge in [-0.3, -0.25) is 9.59 Å². The molecule has 1 saturated heterocycles. The van der Waals surface area contributed by atoms with Gasteiger partial charge in [0.2, 0.25) is 5.91 Å². The molecule has 28 heavy (non-hydrogen) atoms. The first-order valence-electron chi connectivity index (χ1n) is 9.58. The molecule has 1 fully saturated rings. The molecule has 1 aromatic carbocycles. The fourth-order valence-electron chi connectivity index (χ4n) is 3.58. The second-order valence-electron chi connectivity index (χ2n) is 7.17. The Bertz CT molecular complexity index is 957. The predicted octanol–water partition coefficient (Wildman–Crippen LogP) is 2.12. The van der Waals surface area contributed by atoms with Crippen LogP contribution in [-0.2, 0) is 16.0 Å². The minimum absolute atomic E-state index is 0.0243. The van der Waals surface area contributed by atoms with Crippen LogP contribution in [0.25, 0.3) is 11.0 Å². The Morgan fingerprint density at radius 3 is 2.39 bits per heavy atom. The van der Waals surface area contributed by atoms with E-state index in [-0.39, 0.29) is 11.8 Å². The summed E-state index contributed by atoms with van der Waals surface area (Å²) in [5.74, 6) is 0.448. The summed E-state index contributed by atoms with van der Waals surface area (Å²) in [5, 5.41) is 0.730. The molecule has 1 unspecified atom stereocenters. The molecule has 2 amide bonds. The second kappa shape index (κ2) is 8.04. The Balaban J connectivity index is 1.83. The number of aryl methyl sites for hydroxylation is 2. The van der Waals surface area contributed by atoms with Crippen LogP contribution in [0.5, 0.6) is 5.75 Å². The van der Waals surface area contributed by atoms with E-state index in [0.717, 1.165) is 16.5 Å². The summed E-state index contributed by atoms with van der Waals surface area (Å²) in [6.07, 6.45) is -0.0397. The van der Waals surface area contributed by atoms with Gasteiger partial charge in [-0.05, 0) is 43.5 Å². The van der Waals surface area contributed by atoms with Crippen LogP contribution in [0.15, 0.2) is 27.4 Å². The van der Waals surface area contributed by atoms with Gasteiger partial charge < -0.3 is 19.0 Å². The zero-order chi connectivity index (χ0) is 20.4. The van der Waals surface area contributed by atoms with Gasteiger partial charge in [0.1, 0.15) is 11.3 Å². The summed E-state index contributed by atoms with van der Waals surface area (Å²) in [7, 11) is 0. The van der Waals surface area contributed by atoms with Crippen LogP contribution >= 0.6 is 0 Å². The van der Waals surface area contributed by atoms with Gasteiger partial charge in [0.05, 0.1) is 5.39 Å². The smallest absolute Gasteiger partial charge is 0.336 e. The molecule has 150 valence electrons. The topological polar surface area (TPSA) is 80.1 Å². The zero-order valence-corrected chi connectivity index (χ0v) is 16.8. The van der Waals surface area contributed by atoms with Crippen LogP contribution in [0, 0.1) is 6.92 Å². The van der Waals surface area contributed by atoms with Gasteiger partial charge in [-0.25, -0.2) is 4.79 Å². The molecule has 1 atom stereocenters. The normalized spacial score (nSPS) is 15.6. The number of amides is 2. The van der Waals surface area contributed by atoms with Gasteiger partial charge in [-0.15, -0.1) is 0 Å². The van der Waals surface area contributed by atoms with Crippen LogP contribution in [-0.4, -0.2) is 53.9 Å². The number of fused-ring (bicyclic) bond motifs is 1. The molecule has 1 aliphatic rings. The highest BCUT2D eigenvalue weighted by molar-refractivity contribution is 5.88. The lowest BCUT2D eigenvalue weighted by Crippen LogP contribution is -2.52. The van der Waals surface area contributed by atoms with Gasteiger partial charge in [-0.1, -0.05) is 6.92 Å². The van der Waals surface area contributed by atoms with Crippen molar-refractivity contribution in [2.24, 2.45) is 0 Å². The molecule has 7 nitrogen and oxygen atoms in total. The maximum atomic E-state index is 12.8. The van der Waals surface area contributed by atoms with Crippen LogP contribution in [0.4, 0.5) is 0 Å². The van der Waals surface area contributed by atoms with E-state index in [0.29, 0.717) is 43.9 Å². The molecule has 0 bridgehead atoms. The van der Waals surface area contributed by atoms with Crippen LogP contribution in [0.2, 0.25) is 0 Å². The minimum atomic E-state index is -0.689. The summed E-state index contributed by atoms with van der Waals surface area (Å²) in [6, 6.07) is 5.13. The number of hydrogen-bond acceptors (Lipinski definition) is 5. The second-order valence-corrected chi connectivity index (χ2v) is 7.17. The molecular weight excluding hydrogens is 360 g/mol. The van der Waals surface area contributed by atoms with E-state index >= 15 is 0 Å². The van der Waals surface area contributed by atoms with Gasteiger partial charge in [0, 0.05) is 39.2 Å². The summed E-state index contributed by atoms with van der Waals surface area (Å²) in [6.45, 7) is 9.16. The van der Waals surface area contributed by atoms with Crippen molar-refractivity contribution < 1.29 is 18.7 Å². The Morgan fingerprint density at radius 1 is 1.14 bits per heavy atom. The van der Waals surface area contributed by atoms with E-state index in [2.05, 4.69) is 0 Å². The van der Waals surface area contributed by atoms with Gasteiger partial charge in [0.25, 0.3) is 5.91 Å². The van der Waals surface area contributed by atoms with E-state index in [1.807, 2.05) is 19.9 Å². The van der Waals surface area contributed by atoms with E-state index in [1.54, 1.807) is 22.8 Å². The van der Waals surface area contributed by atoms with Gasteiger partial charge in [-0.2, -0.15) is 0 Å². The van der Waals surface area contributed by atoms with Gasteiger partial charge in [0.15, 0.2) is 6.10 Å². The Morgan fingerprint density at radius 2 is 1.79 bits per heavy atom. The highest BCUT2D eigenvalue weighted by Gasteiger charge is 2.27. The third kappa shape index (κ3) is 4.03.